The number of halogens is 3. The molecule has 0 N–H and O–H groups in total. The molecule has 142 valence electrons. The van der Waals surface area contributed by atoms with E-state index in [0.29, 0.717) is 25.5 Å². The second-order valence-electron chi connectivity index (χ2n) is 6.80. The highest BCUT2D eigenvalue weighted by atomic mass is 19.4. The lowest BCUT2D eigenvalue weighted by Gasteiger charge is -2.56. The molecule has 2 atom stereocenters. The highest BCUT2D eigenvalue weighted by Crippen LogP contribution is 2.36. The summed E-state index contributed by atoms with van der Waals surface area (Å²) in [7, 11) is 0. The van der Waals surface area contributed by atoms with Crippen molar-refractivity contribution >= 4 is 11.5 Å². The van der Waals surface area contributed by atoms with Crippen LogP contribution in [-0.4, -0.2) is 45.0 Å². The summed E-state index contributed by atoms with van der Waals surface area (Å²) in [6, 6.07) is 7.89. The van der Waals surface area contributed by atoms with Crippen molar-refractivity contribution in [1.82, 2.24) is 14.9 Å². The van der Waals surface area contributed by atoms with E-state index in [1.807, 2.05) is 4.90 Å². The van der Waals surface area contributed by atoms with Crippen LogP contribution in [0.1, 0.15) is 17.7 Å². The highest BCUT2D eigenvalue weighted by molar-refractivity contribution is 5.42. The maximum atomic E-state index is 12.8. The zero-order valence-corrected chi connectivity index (χ0v) is 14.1. The molecule has 10 heteroatoms. The number of non-ortho nitro benzene ring substituents is 1. The molecule has 0 spiro atoms. The third kappa shape index (κ3) is 3.44. The molecule has 0 aliphatic carbocycles. The summed E-state index contributed by atoms with van der Waals surface area (Å²) < 4.78 is 38.5. The molecule has 2 aromatic rings. The standard InChI is InChI=1S/C17H16F3N5O2/c18-17(19,20)15-6-16(22-10-21-15)23-8-13-5-14(9-23)24(13)7-11-1-3-12(4-2-11)25(26)27/h1-4,6,10,13-14H,5,7-9H2. The van der Waals surface area contributed by atoms with Crippen LogP contribution in [0, 0.1) is 10.1 Å². The third-order valence-corrected chi connectivity index (χ3v) is 5.12. The summed E-state index contributed by atoms with van der Waals surface area (Å²) in [5.41, 5.74) is 0.0950. The van der Waals surface area contributed by atoms with Gasteiger partial charge in [0.1, 0.15) is 17.8 Å². The van der Waals surface area contributed by atoms with Gasteiger partial charge >= 0.3 is 6.18 Å². The molecule has 0 amide bonds. The van der Waals surface area contributed by atoms with Gasteiger partial charge in [-0.1, -0.05) is 12.1 Å². The lowest BCUT2D eigenvalue weighted by molar-refractivity contribution is -0.384. The van der Waals surface area contributed by atoms with E-state index in [4.69, 9.17) is 0 Å². The number of piperazine rings is 1. The minimum absolute atomic E-state index is 0.0537. The van der Waals surface area contributed by atoms with Crippen molar-refractivity contribution < 1.29 is 18.1 Å². The van der Waals surface area contributed by atoms with Gasteiger partial charge < -0.3 is 4.90 Å². The van der Waals surface area contributed by atoms with Crippen molar-refractivity contribution in [2.75, 3.05) is 18.0 Å². The molecule has 1 aromatic heterocycles. The highest BCUT2D eigenvalue weighted by Gasteiger charge is 2.45. The first-order valence-electron chi connectivity index (χ1n) is 8.44. The number of benzene rings is 1. The van der Waals surface area contributed by atoms with Gasteiger partial charge in [0.2, 0.25) is 0 Å². The Bertz CT molecular complexity index is 846. The number of nitro benzene ring substituents is 1. The maximum Gasteiger partial charge on any atom is 0.433 e. The number of aromatic nitrogens is 2. The van der Waals surface area contributed by atoms with Gasteiger partial charge in [-0.3, -0.25) is 15.0 Å². The fourth-order valence-electron chi connectivity index (χ4n) is 3.74. The van der Waals surface area contributed by atoms with Crippen molar-refractivity contribution in [1.29, 1.82) is 0 Å². The fourth-order valence-corrected chi connectivity index (χ4v) is 3.74. The quantitative estimate of drug-likeness (QED) is 0.601. The second-order valence-corrected chi connectivity index (χ2v) is 6.80. The van der Waals surface area contributed by atoms with E-state index in [9.17, 15) is 23.3 Å². The molecule has 0 saturated carbocycles. The first-order chi connectivity index (χ1) is 12.8. The summed E-state index contributed by atoms with van der Waals surface area (Å²) in [6.45, 7) is 1.86. The molecule has 3 fully saturated rings. The second kappa shape index (κ2) is 6.45. The molecule has 3 saturated heterocycles. The maximum absolute atomic E-state index is 12.8. The number of hydrogen-bond donors (Lipinski definition) is 0. The van der Waals surface area contributed by atoms with Crippen molar-refractivity contribution in [2.45, 2.75) is 31.2 Å². The van der Waals surface area contributed by atoms with Crippen LogP contribution in [0.5, 0.6) is 0 Å². The Balaban J connectivity index is 1.42. The molecular formula is C17H16F3N5O2. The van der Waals surface area contributed by atoms with E-state index in [1.54, 1.807) is 12.1 Å². The zero-order valence-electron chi connectivity index (χ0n) is 14.1. The fraction of sp³-hybridized carbons (Fsp3) is 0.412. The van der Waals surface area contributed by atoms with E-state index < -0.39 is 16.8 Å². The van der Waals surface area contributed by atoms with Crippen molar-refractivity contribution in [2.24, 2.45) is 0 Å². The summed E-state index contributed by atoms with van der Waals surface area (Å²) in [4.78, 5) is 21.7. The summed E-state index contributed by atoms with van der Waals surface area (Å²) in [5, 5.41) is 10.7. The number of nitrogens with zero attached hydrogens (tertiary/aromatic N) is 5. The van der Waals surface area contributed by atoms with Gasteiger partial charge in [-0.25, -0.2) is 9.97 Å². The topological polar surface area (TPSA) is 75.4 Å². The number of alkyl halides is 3. The van der Waals surface area contributed by atoms with Crippen LogP contribution < -0.4 is 4.90 Å². The van der Waals surface area contributed by atoms with E-state index in [0.717, 1.165) is 24.4 Å². The largest absolute Gasteiger partial charge is 0.433 e. The molecule has 2 unspecified atom stereocenters. The van der Waals surface area contributed by atoms with E-state index in [2.05, 4.69) is 14.9 Å². The smallest absolute Gasteiger partial charge is 0.353 e. The molecular weight excluding hydrogens is 363 g/mol. The predicted octanol–water partition coefficient (Wildman–Crippen LogP) is 2.87. The van der Waals surface area contributed by atoms with Crippen LogP contribution in [0.25, 0.3) is 0 Å². The van der Waals surface area contributed by atoms with Crippen molar-refractivity contribution in [3.05, 3.63) is 58.0 Å². The molecule has 27 heavy (non-hydrogen) atoms. The number of nitro groups is 1. The monoisotopic (exact) mass is 379 g/mol. The Hall–Kier alpha value is -2.75. The molecule has 3 aliphatic heterocycles. The Labute approximate surface area is 152 Å². The summed E-state index contributed by atoms with van der Waals surface area (Å²) in [5.74, 6) is 0.294. The Morgan fingerprint density at radius 3 is 2.41 bits per heavy atom. The van der Waals surface area contributed by atoms with Crippen LogP contribution >= 0.6 is 0 Å². The minimum atomic E-state index is -4.49. The average Bonchev–Trinajstić information content (AvgIpc) is 2.66. The molecule has 7 nitrogen and oxygen atoms in total. The summed E-state index contributed by atoms with van der Waals surface area (Å²) in [6.07, 6.45) is -2.55. The first kappa shape index (κ1) is 17.7. The van der Waals surface area contributed by atoms with E-state index in [-0.39, 0.29) is 17.8 Å². The van der Waals surface area contributed by atoms with Gasteiger partial charge in [-0.15, -0.1) is 0 Å². The number of hydrogen-bond acceptors (Lipinski definition) is 6. The van der Waals surface area contributed by atoms with E-state index >= 15 is 0 Å². The zero-order chi connectivity index (χ0) is 19.2. The molecule has 3 aliphatic rings. The molecule has 4 heterocycles. The molecule has 5 rings (SSSR count). The lowest BCUT2D eigenvalue weighted by atomic mass is 9.86. The van der Waals surface area contributed by atoms with Crippen LogP contribution in [0.3, 0.4) is 0 Å². The SMILES string of the molecule is O=[N+]([O-])c1ccc(CN2C3CC2CN(c2cc(C(F)(F)F)ncn2)C3)cc1. The van der Waals surface area contributed by atoms with Gasteiger partial charge in [-0.2, -0.15) is 13.2 Å². The van der Waals surface area contributed by atoms with Crippen LogP contribution in [0.2, 0.25) is 0 Å². The van der Waals surface area contributed by atoms with Gasteiger partial charge in [0.05, 0.1) is 4.92 Å². The first-order valence-corrected chi connectivity index (χ1v) is 8.44. The number of fused-ring (bicyclic) bond motifs is 2. The van der Waals surface area contributed by atoms with Gasteiger partial charge in [0.25, 0.3) is 5.69 Å². The predicted molar refractivity (Wildman–Crippen MR) is 90.1 cm³/mol. The van der Waals surface area contributed by atoms with Gasteiger partial charge in [0, 0.05) is 49.9 Å². The van der Waals surface area contributed by atoms with Gasteiger partial charge in [0.15, 0.2) is 0 Å². The lowest BCUT2D eigenvalue weighted by Crippen LogP contribution is -2.68. The molecule has 1 aromatic carbocycles. The Morgan fingerprint density at radius 2 is 1.81 bits per heavy atom. The number of piperidine rings is 1. The van der Waals surface area contributed by atoms with E-state index in [1.165, 1.54) is 12.1 Å². The van der Waals surface area contributed by atoms with Crippen LogP contribution in [0.15, 0.2) is 36.7 Å². The van der Waals surface area contributed by atoms with Gasteiger partial charge in [-0.05, 0) is 12.0 Å². The van der Waals surface area contributed by atoms with Crippen molar-refractivity contribution in [3.63, 3.8) is 0 Å². The van der Waals surface area contributed by atoms with Crippen molar-refractivity contribution in [3.8, 4) is 0 Å². The third-order valence-electron chi connectivity index (χ3n) is 5.12. The Morgan fingerprint density at radius 1 is 1.15 bits per heavy atom. The molecule has 2 bridgehead atoms. The molecule has 0 radical (unpaired) electrons. The minimum Gasteiger partial charge on any atom is -0.353 e. The summed E-state index contributed by atoms with van der Waals surface area (Å²) >= 11 is 0. The number of anilines is 1. The number of rotatable bonds is 4. The van der Waals surface area contributed by atoms with Crippen LogP contribution in [-0.2, 0) is 12.7 Å². The normalized spacial score (nSPS) is 22.4. The average molecular weight is 379 g/mol. The Kier molecular flexibility index (Phi) is 4.22. The van der Waals surface area contributed by atoms with Crippen LogP contribution in [0.4, 0.5) is 24.7 Å².